The number of carbonyl (C=O) groups is 2. The van der Waals surface area contributed by atoms with E-state index < -0.39 is 11.4 Å². The van der Waals surface area contributed by atoms with Crippen LogP contribution in [-0.4, -0.2) is 75.5 Å². The molecule has 0 radical (unpaired) electrons. The molecule has 0 aliphatic carbocycles. The average Bonchev–Trinajstić information content (AvgIpc) is 3.62. The van der Waals surface area contributed by atoms with E-state index in [2.05, 4.69) is 33.1 Å². The smallest absolute Gasteiger partial charge is 0.310 e. The van der Waals surface area contributed by atoms with Crippen LogP contribution in [0.5, 0.6) is 0 Å². The molecule has 0 saturated carbocycles. The van der Waals surface area contributed by atoms with Gasteiger partial charge in [-0.3, -0.25) is 19.5 Å². The lowest BCUT2D eigenvalue weighted by molar-refractivity contribution is -0.148. The van der Waals surface area contributed by atoms with Crippen LogP contribution in [0.1, 0.15) is 59.9 Å². The summed E-state index contributed by atoms with van der Waals surface area (Å²) < 4.78 is 5.91. The number of hydrogen-bond donors (Lipinski definition) is 2. The second-order valence-corrected chi connectivity index (χ2v) is 12.3. The Bertz CT molecular complexity index is 1660. The zero-order chi connectivity index (χ0) is 29.6. The van der Waals surface area contributed by atoms with Gasteiger partial charge >= 0.3 is 5.97 Å². The minimum atomic E-state index is -0.830. The standard InChI is InChI=1S/C33H37N5O4/c1-33(2,32(40)41)19-38-10-5-6-29(38)24-13-22(12-20-9-11-42-18-27(20)24)23-14-25-26(17-36-30(25)35-16-23)21-7-8-28(34-15-21)31(39)37(3)4/h7-8,12-17,29H,5-6,9-11,18-19H2,1-4H3,(H,35,36)(H,40,41)/t29-/m0/s1. The van der Waals surface area contributed by atoms with Crippen molar-refractivity contribution in [1.82, 2.24) is 24.8 Å². The summed E-state index contributed by atoms with van der Waals surface area (Å²) in [6, 6.07) is 10.5. The van der Waals surface area contributed by atoms with Gasteiger partial charge in [0.25, 0.3) is 5.91 Å². The van der Waals surface area contributed by atoms with E-state index in [1.807, 2.05) is 18.5 Å². The Labute approximate surface area is 245 Å². The maximum Gasteiger partial charge on any atom is 0.310 e. The van der Waals surface area contributed by atoms with Crippen LogP contribution < -0.4 is 0 Å². The van der Waals surface area contributed by atoms with Crippen molar-refractivity contribution in [3.05, 3.63) is 71.3 Å². The van der Waals surface area contributed by atoms with Crippen LogP contribution in [0.3, 0.4) is 0 Å². The number of nitrogens with zero attached hydrogens (tertiary/aromatic N) is 4. The zero-order valence-corrected chi connectivity index (χ0v) is 24.6. The summed E-state index contributed by atoms with van der Waals surface area (Å²) in [5, 5.41) is 10.8. The Morgan fingerprint density at radius 1 is 1.12 bits per heavy atom. The summed E-state index contributed by atoms with van der Waals surface area (Å²) in [6.45, 7) is 6.26. The number of pyridine rings is 2. The normalized spacial score (nSPS) is 17.4. The van der Waals surface area contributed by atoms with Crippen molar-refractivity contribution < 1.29 is 19.4 Å². The van der Waals surface area contributed by atoms with Gasteiger partial charge in [0.05, 0.1) is 18.6 Å². The van der Waals surface area contributed by atoms with Gasteiger partial charge in [-0.15, -0.1) is 0 Å². The predicted octanol–water partition coefficient (Wildman–Crippen LogP) is 5.31. The van der Waals surface area contributed by atoms with E-state index in [9.17, 15) is 14.7 Å². The number of rotatable bonds is 7. The van der Waals surface area contributed by atoms with E-state index in [-0.39, 0.29) is 11.9 Å². The molecule has 1 aromatic carbocycles. The van der Waals surface area contributed by atoms with E-state index in [1.54, 1.807) is 40.2 Å². The third-order valence-electron chi connectivity index (χ3n) is 8.60. The van der Waals surface area contributed by atoms with Gasteiger partial charge < -0.3 is 19.7 Å². The first-order valence-corrected chi connectivity index (χ1v) is 14.5. The lowest BCUT2D eigenvalue weighted by Gasteiger charge is -2.33. The number of amides is 1. The van der Waals surface area contributed by atoms with Gasteiger partial charge in [-0.2, -0.15) is 0 Å². The predicted molar refractivity (Wildman–Crippen MR) is 161 cm³/mol. The maximum atomic E-state index is 12.3. The van der Waals surface area contributed by atoms with Gasteiger partial charge in [-0.1, -0.05) is 12.1 Å². The molecule has 1 amide bonds. The summed E-state index contributed by atoms with van der Waals surface area (Å²) in [5.41, 5.74) is 8.11. The maximum absolute atomic E-state index is 12.3. The van der Waals surface area contributed by atoms with Gasteiger partial charge in [0.1, 0.15) is 11.3 Å². The molecule has 1 fully saturated rings. The number of H-pyrrole nitrogens is 1. The highest BCUT2D eigenvalue weighted by atomic mass is 16.5. The molecule has 6 rings (SSSR count). The molecule has 42 heavy (non-hydrogen) atoms. The SMILES string of the molecule is CN(C)C(=O)c1ccc(-c2c[nH]c3ncc(-c4cc5c(c([C@@H]6CCCN6CC(C)(C)C(=O)O)c4)COCC5)cc23)cn1. The fraction of sp³-hybridized carbons (Fsp3) is 0.394. The lowest BCUT2D eigenvalue weighted by Crippen LogP contribution is -2.39. The van der Waals surface area contributed by atoms with Gasteiger partial charge in [0.15, 0.2) is 0 Å². The fourth-order valence-electron chi connectivity index (χ4n) is 6.23. The van der Waals surface area contributed by atoms with Crippen molar-refractivity contribution in [3.8, 4) is 22.3 Å². The van der Waals surface area contributed by atoms with Crippen molar-refractivity contribution >= 4 is 22.9 Å². The summed E-state index contributed by atoms with van der Waals surface area (Å²) >= 11 is 0. The van der Waals surface area contributed by atoms with Crippen LogP contribution in [0.25, 0.3) is 33.3 Å². The summed E-state index contributed by atoms with van der Waals surface area (Å²) in [7, 11) is 3.43. The summed E-state index contributed by atoms with van der Waals surface area (Å²) in [5.74, 6) is -0.909. The monoisotopic (exact) mass is 567 g/mol. The van der Waals surface area contributed by atoms with Gasteiger partial charge in [-0.05, 0) is 80.1 Å². The number of fused-ring (bicyclic) bond motifs is 2. The fourth-order valence-corrected chi connectivity index (χ4v) is 6.23. The van der Waals surface area contributed by atoms with Crippen LogP contribution in [0.2, 0.25) is 0 Å². The second kappa shape index (κ2) is 11.0. The third kappa shape index (κ3) is 5.18. The Kier molecular flexibility index (Phi) is 7.32. The van der Waals surface area contributed by atoms with Crippen molar-refractivity contribution in [2.45, 2.75) is 45.8 Å². The van der Waals surface area contributed by atoms with Gasteiger partial charge in [0, 0.05) is 67.3 Å². The first-order chi connectivity index (χ1) is 20.1. The third-order valence-corrected chi connectivity index (χ3v) is 8.60. The van der Waals surface area contributed by atoms with Gasteiger partial charge in [0.2, 0.25) is 0 Å². The van der Waals surface area contributed by atoms with Crippen LogP contribution in [0.4, 0.5) is 0 Å². The Balaban J connectivity index is 1.39. The van der Waals surface area contributed by atoms with Crippen molar-refractivity contribution in [1.29, 1.82) is 0 Å². The largest absolute Gasteiger partial charge is 0.481 e. The van der Waals surface area contributed by atoms with Crippen molar-refractivity contribution in [2.75, 3.05) is 33.8 Å². The number of aromatic amines is 1. The van der Waals surface area contributed by atoms with Crippen molar-refractivity contribution in [3.63, 3.8) is 0 Å². The lowest BCUT2D eigenvalue weighted by atomic mass is 9.87. The molecule has 9 nitrogen and oxygen atoms in total. The molecule has 3 aromatic heterocycles. The van der Waals surface area contributed by atoms with Crippen LogP contribution in [0, 0.1) is 5.41 Å². The molecule has 0 bridgehead atoms. The van der Waals surface area contributed by atoms with E-state index in [0.717, 1.165) is 59.1 Å². The Morgan fingerprint density at radius 3 is 2.67 bits per heavy atom. The average molecular weight is 568 g/mol. The molecule has 5 heterocycles. The van der Waals surface area contributed by atoms with E-state index in [4.69, 9.17) is 9.72 Å². The van der Waals surface area contributed by atoms with E-state index in [0.29, 0.717) is 25.5 Å². The number of likely N-dealkylation sites (tertiary alicyclic amines) is 1. The molecule has 2 N–H and O–H groups in total. The molecule has 1 atom stereocenters. The first-order valence-electron chi connectivity index (χ1n) is 14.5. The zero-order valence-electron chi connectivity index (χ0n) is 24.6. The molecule has 4 aromatic rings. The number of carboxylic acids is 1. The highest BCUT2D eigenvalue weighted by Crippen LogP contribution is 2.41. The molecule has 0 spiro atoms. The minimum Gasteiger partial charge on any atom is -0.481 e. The first kappa shape index (κ1) is 28.1. The number of hydrogen-bond acceptors (Lipinski definition) is 6. The number of carboxylic acid groups (broad SMARTS) is 1. The second-order valence-electron chi connectivity index (χ2n) is 12.3. The highest BCUT2D eigenvalue weighted by molar-refractivity contribution is 5.97. The molecule has 218 valence electrons. The number of ether oxygens (including phenoxy) is 1. The number of nitrogens with one attached hydrogen (secondary N) is 1. The number of carbonyl (C=O) groups excluding carboxylic acids is 1. The Hall–Kier alpha value is -4.08. The van der Waals surface area contributed by atoms with Gasteiger partial charge in [-0.25, -0.2) is 4.98 Å². The molecule has 0 unspecified atom stereocenters. The molecular formula is C33H37N5O4. The minimum absolute atomic E-state index is 0.134. The number of aromatic nitrogens is 3. The quantitative estimate of drug-likeness (QED) is 0.311. The van der Waals surface area contributed by atoms with E-state index in [1.165, 1.54) is 21.6 Å². The number of benzene rings is 1. The van der Waals surface area contributed by atoms with Crippen LogP contribution >= 0.6 is 0 Å². The number of aliphatic carboxylic acids is 1. The van der Waals surface area contributed by atoms with E-state index >= 15 is 0 Å². The topological polar surface area (TPSA) is 112 Å². The van der Waals surface area contributed by atoms with Crippen molar-refractivity contribution in [2.24, 2.45) is 5.41 Å². The summed E-state index contributed by atoms with van der Waals surface area (Å²) in [6.07, 6.45) is 8.44. The molecule has 1 saturated heterocycles. The Morgan fingerprint density at radius 2 is 1.93 bits per heavy atom. The molecule has 9 heteroatoms. The molecular weight excluding hydrogens is 530 g/mol. The van der Waals surface area contributed by atoms with Crippen LogP contribution in [-0.2, 0) is 22.6 Å². The highest BCUT2D eigenvalue weighted by Gasteiger charge is 2.36. The molecule has 2 aliphatic heterocycles. The molecule has 2 aliphatic rings. The summed E-state index contributed by atoms with van der Waals surface area (Å²) in [4.78, 5) is 40.5. The van der Waals surface area contributed by atoms with Crippen LogP contribution in [0.15, 0.2) is 48.9 Å².